The van der Waals surface area contributed by atoms with Crippen molar-refractivity contribution in [3.8, 4) is 0 Å². The number of aliphatic imine (C=N–C) groups is 1. The predicted molar refractivity (Wildman–Crippen MR) is 117 cm³/mol. The molecule has 0 spiro atoms. The lowest BCUT2D eigenvalue weighted by Crippen LogP contribution is -2.51. The number of likely N-dealkylation sites (N-methyl/N-ethyl adjacent to an activating group) is 1. The molecule has 156 valence electrons. The van der Waals surface area contributed by atoms with Gasteiger partial charge in [-0.3, -0.25) is 4.99 Å². The maximum atomic E-state index is 5.59. The molecule has 1 aromatic carbocycles. The van der Waals surface area contributed by atoms with Gasteiger partial charge in [0, 0.05) is 25.3 Å². The van der Waals surface area contributed by atoms with Crippen LogP contribution < -0.4 is 10.6 Å². The SMILES string of the molecule is CCNC(=NCC1(N(C)C)CCOCC1)NC(C)c1ccc2c(c1)CCCC2. The number of benzene rings is 1. The molecule has 1 atom stereocenters. The fourth-order valence-electron chi connectivity index (χ4n) is 4.36. The van der Waals surface area contributed by atoms with Gasteiger partial charge in [0.25, 0.3) is 0 Å². The van der Waals surface area contributed by atoms with Gasteiger partial charge >= 0.3 is 0 Å². The molecule has 1 aliphatic carbocycles. The van der Waals surface area contributed by atoms with E-state index in [9.17, 15) is 0 Å². The lowest BCUT2D eigenvalue weighted by atomic mass is 9.89. The molecule has 0 saturated carbocycles. The van der Waals surface area contributed by atoms with Crippen molar-refractivity contribution in [1.29, 1.82) is 0 Å². The normalized spacial score (nSPS) is 20.5. The summed E-state index contributed by atoms with van der Waals surface area (Å²) in [6.45, 7) is 7.65. The van der Waals surface area contributed by atoms with E-state index < -0.39 is 0 Å². The monoisotopic (exact) mass is 386 g/mol. The van der Waals surface area contributed by atoms with Gasteiger partial charge in [0.2, 0.25) is 0 Å². The Morgan fingerprint density at radius 2 is 1.89 bits per heavy atom. The van der Waals surface area contributed by atoms with E-state index in [1.165, 1.54) is 42.4 Å². The number of nitrogens with one attached hydrogen (secondary N) is 2. The van der Waals surface area contributed by atoms with Gasteiger partial charge in [0.1, 0.15) is 0 Å². The molecule has 1 aromatic rings. The molecule has 0 amide bonds. The summed E-state index contributed by atoms with van der Waals surface area (Å²) in [7, 11) is 4.33. The van der Waals surface area contributed by atoms with Crippen molar-refractivity contribution in [1.82, 2.24) is 15.5 Å². The van der Waals surface area contributed by atoms with Gasteiger partial charge in [-0.25, -0.2) is 0 Å². The number of guanidine groups is 1. The van der Waals surface area contributed by atoms with Crippen LogP contribution in [0.1, 0.15) is 62.3 Å². The number of fused-ring (bicyclic) bond motifs is 1. The van der Waals surface area contributed by atoms with Crippen LogP contribution in [-0.4, -0.2) is 56.8 Å². The highest BCUT2D eigenvalue weighted by Gasteiger charge is 2.34. The highest BCUT2D eigenvalue weighted by molar-refractivity contribution is 5.80. The highest BCUT2D eigenvalue weighted by Crippen LogP contribution is 2.27. The number of ether oxygens (including phenoxy) is 1. The van der Waals surface area contributed by atoms with Crippen molar-refractivity contribution >= 4 is 5.96 Å². The van der Waals surface area contributed by atoms with E-state index in [1.807, 2.05) is 0 Å². The summed E-state index contributed by atoms with van der Waals surface area (Å²) in [5.41, 5.74) is 4.51. The van der Waals surface area contributed by atoms with Crippen molar-refractivity contribution in [3.05, 3.63) is 34.9 Å². The summed E-state index contributed by atoms with van der Waals surface area (Å²) in [5, 5.41) is 7.06. The van der Waals surface area contributed by atoms with Gasteiger partial charge in [0.05, 0.1) is 12.6 Å². The van der Waals surface area contributed by atoms with E-state index in [0.717, 1.165) is 45.1 Å². The average Bonchev–Trinajstić information content (AvgIpc) is 2.72. The molecule has 5 nitrogen and oxygen atoms in total. The lowest BCUT2D eigenvalue weighted by molar-refractivity contribution is -0.00255. The van der Waals surface area contributed by atoms with E-state index in [4.69, 9.17) is 9.73 Å². The third-order valence-corrected chi connectivity index (χ3v) is 6.47. The van der Waals surface area contributed by atoms with Crippen LogP contribution >= 0.6 is 0 Å². The van der Waals surface area contributed by atoms with E-state index >= 15 is 0 Å². The third-order valence-electron chi connectivity index (χ3n) is 6.47. The molecule has 0 bridgehead atoms. The summed E-state index contributed by atoms with van der Waals surface area (Å²) < 4.78 is 5.59. The highest BCUT2D eigenvalue weighted by atomic mass is 16.5. The van der Waals surface area contributed by atoms with Gasteiger partial charge in [0.15, 0.2) is 5.96 Å². The summed E-state index contributed by atoms with van der Waals surface area (Å²) in [6.07, 6.45) is 7.16. The first kappa shape index (κ1) is 21.1. The first-order chi connectivity index (χ1) is 13.5. The Kier molecular flexibility index (Phi) is 7.36. The van der Waals surface area contributed by atoms with Crippen LogP contribution in [0.25, 0.3) is 0 Å². The average molecular weight is 387 g/mol. The fourth-order valence-corrected chi connectivity index (χ4v) is 4.36. The quantitative estimate of drug-likeness (QED) is 0.582. The second-order valence-corrected chi connectivity index (χ2v) is 8.53. The van der Waals surface area contributed by atoms with E-state index in [1.54, 1.807) is 0 Å². The second kappa shape index (κ2) is 9.75. The zero-order valence-corrected chi connectivity index (χ0v) is 18.2. The Morgan fingerprint density at radius 3 is 2.57 bits per heavy atom. The van der Waals surface area contributed by atoms with Crippen LogP contribution in [0, 0.1) is 0 Å². The fraction of sp³-hybridized carbons (Fsp3) is 0.696. The van der Waals surface area contributed by atoms with Crippen LogP contribution in [0.15, 0.2) is 23.2 Å². The molecule has 2 N–H and O–H groups in total. The molecule has 1 saturated heterocycles. The summed E-state index contributed by atoms with van der Waals surface area (Å²) in [6, 6.07) is 7.24. The summed E-state index contributed by atoms with van der Waals surface area (Å²) >= 11 is 0. The molecule has 1 aliphatic heterocycles. The number of rotatable bonds is 6. The minimum Gasteiger partial charge on any atom is -0.381 e. The molecule has 3 rings (SSSR count). The first-order valence-corrected chi connectivity index (χ1v) is 11.0. The second-order valence-electron chi connectivity index (χ2n) is 8.53. The lowest BCUT2D eigenvalue weighted by Gasteiger charge is -2.41. The summed E-state index contributed by atoms with van der Waals surface area (Å²) in [4.78, 5) is 7.31. The van der Waals surface area contributed by atoms with E-state index in [-0.39, 0.29) is 11.6 Å². The zero-order valence-electron chi connectivity index (χ0n) is 18.2. The minimum atomic E-state index is 0.0929. The largest absolute Gasteiger partial charge is 0.381 e. The van der Waals surface area contributed by atoms with Gasteiger partial charge < -0.3 is 20.3 Å². The van der Waals surface area contributed by atoms with Crippen LogP contribution in [0.3, 0.4) is 0 Å². The molecule has 2 aliphatic rings. The molecule has 0 aromatic heterocycles. The van der Waals surface area contributed by atoms with Crippen molar-refractivity contribution in [2.45, 2.75) is 64.0 Å². The molecular weight excluding hydrogens is 348 g/mol. The Morgan fingerprint density at radius 1 is 1.18 bits per heavy atom. The third kappa shape index (κ3) is 5.06. The first-order valence-electron chi connectivity index (χ1n) is 11.0. The molecule has 0 radical (unpaired) electrons. The predicted octanol–water partition coefficient (Wildman–Crippen LogP) is 3.29. The summed E-state index contributed by atoms with van der Waals surface area (Å²) in [5.74, 6) is 0.903. The Hall–Kier alpha value is -1.59. The molecule has 1 unspecified atom stereocenters. The Balaban J connectivity index is 1.70. The van der Waals surface area contributed by atoms with Crippen LogP contribution in [0.5, 0.6) is 0 Å². The Bertz CT molecular complexity index is 665. The van der Waals surface area contributed by atoms with E-state index in [2.05, 4.69) is 61.7 Å². The maximum absolute atomic E-state index is 5.59. The standard InChI is InChI=1S/C23H38N4O/c1-5-24-22(25-17-23(27(3)4)12-14-28-15-13-23)26-18(2)20-11-10-19-8-6-7-9-21(19)16-20/h10-11,16,18H,5-9,12-15,17H2,1-4H3,(H2,24,25,26). The van der Waals surface area contributed by atoms with Gasteiger partial charge in [-0.2, -0.15) is 0 Å². The van der Waals surface area contributed by atoms with Crippen LogP contribution in [0.2, 0.25) is 0 Å². The molecule has 28 heavy (non-hydrogen) atoms. The molecule has 5 heteroatoms. The Labute approximate surface area is 170 Å². The van der Waals surface area contributed by atoms with E-state index in [0.29, 0.717) is 0 Å². The topological polar surface area (TPSA) is 48.9 Å². The number of hydrogen-bond acceptors (Lipinski definition) is 3. The number of hydrogen-bond donors (Lipinski definition) is 2. The number of aryl methyl sites for hydroxylation is 2. The zero-order chi connectivity index (χ0) is 20.0. The maximum Gasteiger partial charge on any atom is 0.191 e. The minimum absolute atomic E-state index is 0.0929. The van der Waals surface area contributed by atoms with Gasteiger partial charge in [-0.15, -0.1) is 0 Å². The van der Waals surface area contributed by atoms with Crippen molar-refractivity contribution in [2.75, 3.05) is 40.4 Å². The van der Waals surface area contributed by atoms with Crippen molar-refractivity contribution < 1.29 is 4.74 Å². The van der Waals surface area contributed by atoms with Crippen molar-refractivity contribution in [2.24, 2.45) is 4.99 Å². The molecule has 1 heterocycles. The molecule has 1 fully saturated rings. The van der Waals surface area contributed by atoms with Crippen LogP contribution in [-0.2, 0) is 17.6 Å². The molecular formula is C23H38N4O. The number of nitrogens with zero attached hydrogens (tertiary/aromatic N) is 2. The van der Waals surface area contributed by atoms with Gasteiger partial charge in [-0.1, -0.05) is 18.2 Å². The smallest absolute Gasteiger partial charge is 0.191 e. The van der Waals surface area contributed by atoms with Gasteiger partial charge in [-0.05, 0) is 83.2 Å². The van der Waals surface area contributed by atoms with Crippen molar-refractivity contribution in [3.63, 3.8) is 0 Å². The van der Waals surface area contributed by atoms with Crippen LogP contribution in [0.4, 0.5) is 0 Å².